The quantitative estimate of drug-likeness (QED) is 0.533. The van der Waals surface area contributed by atoms with Gasteiger partial charge in [-0.05, 0) is 24.6 Å². The Bertz CT molecular complexity index is 630. The predicted molar refractivity (Wildman–Crippen MR) is 76.2 cm³/mol. The number of rotatable bonds is 6. The molecule has 0 spiro atoms. The van der Waals surface area contributed by atoms with Crippen LogP contribution in [-0.4, -0.2) is 37.9 Å². The minimum Gasteiger partial charge on any atom is -0.358 e. The highest BCUT2D eigenvalue weighted by molar-refractivity contribution is 7.85. The zero-order valence-electron chi connectivity index (χ0n) is 11.4. The number of nitrogens with one attached hydrogen (secondary N) is 2. The van der Waals surface area contributed by atoms with E-state index in [0.717, 1.165) is 6.07 Å². The van der Waals surface area contributed by atoms with Gasteiger partial charge in [0.2, 0.25) is 11.8 Å². The topological polar surface area (TPSA) is 139 Å². The molecule has 116 valence electrons. The Balaban J connectivity index is 2.62. The fourth-order valence-corrected chi connectivity index (χ4v) is 2.09. The van der Waals surface area contributed by atoms with E-state index < -0.39 is 22.1 Å². The number of likely N-dealkylation sites (N-methyl/N-ethyl adjacent to an activating group) is 1. The highest BCUT2D eigenvalue weighted by Gasteiger charge is 2.14. The summed E-state index contributed by atoms with van der Waals surface area (Å²) in [6.07, 6.45) is 0.161. The largest absolute Gasteiger partial charge is 0.358 e. The summed E-state index contributed by atoms with van der Waals surface area (Å²) in [5.41, 5.74) is 5.77. The van der Waals surface area contributed by atoms with Crippen molar-refractivity contribution in [3.05, 3.63) is 24.3 Å². The lowest BCUT2D eigenvalue weighted by Gasteiger charge is -2.10. The summed E-state index contributed by atoms with van der Waals surface area (Å²) >= 11 is 0. The van der Waals surface area contributed by atoms with Crippen LogP contribution in [0.5, 0.6) is 0 Å². The molecule has 0 aliphatic heterocycles. The zero-order valence-corrected chi connectivity index (χ0v) is 12.2. The molecular weight excluding hydrogens is 298 g/mol. The first-order chi connectivity index (χ1) is 9.74. The van der Waals surface area contributed by atoms with Gasteiger partial charge in [-0.2, -0.15) is 8.42 Å². The third-order valence-corrected chi connectivity index (χ3v) is 3.53. The van der Waals surface area contributed by atoms with Crippen molar-refractivity contribution in [2.75, 3.05) is 12.4 Å². The van der Waals surface area contributed by atoms with E-state index >= 15 is 0 Å². The molecule has 0 aliphatic carbocycles. The molecule has 0 heterocycles. The molecule has 0 saturated carbocycles. The van der Waals surface area contributed by atoms with Gasteiger partial charge in [0.1, 0.15) is 0 Å². The summed E-state index contributed by atoms with van der Waals surface area (Å²) in [6, 6.07) is 4.41. The Labute approximate surface area is 122 Å². The first kappa shape index (κ1) is 17.1. The summed E-state index contributed by atoms with van der Waals surface area (Å²) < 4.78 is 30.9. The smallest absolute Gasteiger partial charge is 0.294 e. The van der Waals surface area contributed by atoms with Gasteiger partial charge in [-0.3, -0.25) is 14.1 Å². The molecular formula is C12H17N3O5S. The van der Waals surface area contributed by atoms with E-state index in [2.05, 4.69) is 10.6 Å². The van der Waals surface area contributed by atoms with Crippen LogP contribution < -0.4 is 16.4 Å². The molecule has 1 unspecified atom stereocenters. The molecule has 0 aliphatic rings. The van der Waals surface area contributed by atoms with E-state index in [1.54, 1.807) is 0 Å². The van der Waals surface area contributed by atoms with Crippen LogP contribution in [0.15, 0.2) is 29.2 Å². The summed E-state index contributed by atoms with van der Waals surface area (Å²) in [6.45, 7) is 0. The van der Waals surface area contributed by atoms with Crippen molar-refractivity contribution in [3.63, 3.8) is 0 Å². The maximum absolute atomic E-state index is 11.7. The third-order valence-electron chi connectivity index (χ3n) is 2.68. The van der Waals surface area contributed by atoms with Crippen LogP contribution in [-0.2, 0) is 19.7 Å². The van der Waals surface area contributed by atoms with Gasteiger partial charge in [-0.1, -0.05) is 6.07 Å². The fourth-order valence-electron chi connectivity index (χ4n) is 1.56. The molecule has 0 fully saturated rings. The Morgan fingerprint density at radius 1 is 1.38 bits per heavy atom. The SMILES string of the molecule is CNC(=O)C(N)CCC(=O)Nc1cccc(S(=O)(=O)O)c1. The molecule has 0 aromatic heterocycles. The van der Waals surface area contributed by atoms with E-state index in [9.17, 15) is 18.0 Å². The highest BCUT2D eigenvalue weighted by atomic mass is 32.2. The second kappa shape index (κ2) is 7.16. The van der Waals surface area contributed by atoms with E-state index in [1.807, 2.05) is 0 Å². The lowest BCUT2D eigenvalue weighted by molar-refractivity contribution is -0.122. The molecule has 9 heteroatoms. The van der Waals surface area contributed by atoms with Crippen molar-refractivity contribution in [2.45, 2.75) is 23.8 Å². The lowest BCUT2D eigenvalue weighted by Crippen LogP contribution is -2.39. The van der Waals surface area contributed by atoms with Crippen molar-refractivity contribution in [3.8, 4) is 0 Å². The van der Waals surface area contributed by atoms with Crippen LogP contribution in [0.3, 0.4) is 0 Å². The number of nitrogens with two attached hydrogens (primary N) is 1. The van der Waals surface area contributed by atoms with Crippen LogP contribution >= 0.6 is 0 Å². The average Bonchev–Trinajstić information content (AvgIpc) is 2.43. The predicted octanol–water partition coefficient (Wildman–Crippen LogP) is -0.275. The number of carbonyl (C=O) groups excluding carboxylic acids is 2. The van der Waals surface area contributed by atoms with Crippen molar-refractivity contribution >= 4 is 27.6 Å². The summed E-state index contributed by atoms with van der Waals surface area (Å²) in [5.74, 6) is -0.780. The van der Waals surface area contributed by atoms with Crippen molar-refractivity contribution in [1.82, 2.24) is 5.32 Å². The summed E-state index contributed by atoms with van der Waals surface area (Å²) in [5, 5.41) is 4.84. The Morgan fingerprint density at radius 3 is 2.62 bits per heavy atom. The first-order valence-electron chi connectivity index (χ1n) is 6.08. The van der Waals surface area contributed by atoms with Crippen LogP contribution in [0, 0.1) is 0 Å². The fraction of sp³-hybridized carbons (Fsp3) is 0.333. The molecule has 21 heavy (non-hydrogen) atoms. The van der Waals surface area contributed by atoms with Gasteiger partial charge in [-0.15, -0.1) is 0 Å². The Morgan fingerprint density at radius 2 is 2.05 bits per heavy atom. The molecule has 0 bridgehead atoms. The van der Waals surface area contributed by atoms with Gasteiger partial charge in [-0.25, -0.2) is 0 Å². The maximum Gasteiger partial charge on any atom is 0.294 e. The van der Waals surface area contributed by atoms with Gasteiger partial charge in [0.15, 0.2) is 0 Å². The summed E-state index contributed by atoms with van der Waals surface area (Å²) in [7, 11) is -2.88. The lowest BCUT2D eigenvalue weighted by atomic mass is 10.1. The van der Waals surface area contributed by atoms with Crippen LogP contribution in [0.25, 0.3) is 0 Å². The van der Waals surface area contributed by atoms with Gasteiger partial charge in [0.25, 0.3) is 10.1 Å². The molecule has 8 nitrogen and oxygen atoms in total. The van der Waals surface area contributed by atoms with E-state index in [0.29, 0.717) is 0 Å². The standard InChI is InChI=1S/C12H17N3O5S/c1-14-12(17)10(13)5-6-11(16)15-8-3-2-4-9(7-8)21(18,19)20/h2-4,7,10H,5-6,13H2,1H3,(H,14,17)(H,15,16)(H,18,19,20). The molecule has 1 atom stereocenters. The van der Waals surface area contributed by atoms with E-state index in [1.165, 1.54) is 25.2 Å². The van der Waals surface area contributed by atoms with Gasteiger partial charge >= 0.3 is 0 Å². The molecule has 1 rings (SSSR count). The minimum atomic E-state index is -4.33. The molecule has 0 saturated heterocycles. The summed E-state index contributed by atoms with van der Waals surface area (Å²) in [4.78, 5) is 22.5. The highest BCUT2D eigenvalue weighted by Crippen LogP contribution is 2.15. The second-order valence-electron chi connectivity index (χ2n) is 4.31. The van der Waals surface area contributed by atoms with Crippen LogP contribution in [0.2, 0.25) is 0 Å². The molecule has 0 radical (unpaired) electrons. The number of benzene rings is 1. The van der Waals surface area contributed by atoms with E-state index in [4.69, 9.17) is 10.3 Å². The van der Waals surface area contributed by atoms with Gasteiger partial charge < -0.3 is 16.4 Å². The minimum absolute atomic E-state index is 0.00465. The number of hydrogen-bond donors (Lipinski definition) is 4. The van der Waals surface area contributed by atoms with E-state index in [-0.39, 0.29) is 29.3 Å². The maximum atomic E-state index is 11.7. The zero-order chi connectivity index (χ0) is 16.0. The Kier molecular flexibility index (Phi) is 5.82. The second-order valence-corrected chi connectivity index (χ2v) is 5.73. The molecule has 1 aromatic carbocycles. The number of amides is 2. The van der Waals surface area contributed by atoms with Crippen molar-refractivity contribution < 1.29 is 22.6 Å². The monoisotopic (exact) mass is 315 g/mol. The first-order valence-corrected chi connectivity index (χ1v) is 7.52. The number of carbonyl (C=O) groups is 2. The molecule has 5 N–H and O–H groups in total. The number of anilines is 1. The van der Waals surface area contributed by atoms with Crippen LogP contribution in [0.1, 0.15) is 12.8 Å². The van der Waals surface area contributed by atoms with Gasteiger partial charge in [0, 0.05) is 19.2 Å². The average molecular weight is 315 g/mol. The third kappa shape index (κ3) is 5.50. The van der Waals surface area contributed by atoms with Gasteiger partial charge in [0.05, 0.1) is 10.9 Å². The number of hydrogen-bond acceptors (Lipinski definition) is 5. The normalized spacial score (nSPS) is 12.5. The Hall–Kier alpha value is -1.97. The van der Waals surface area contributed by atoms with Crippen molar-refractivity contribution in [2.24, 2.45) is 5.73 Å². The molecule has 2 amide bonds. The van der Waals surface area contributed by atoms with Crippen LogP contribution in [0.4, 0.5) is 5.69 Å². The van der Waals surface area contributed by atoms with Crippen molar-refractivity contribution in [1.29, 1.82) is 0 Å². The molecule has 1 aromatic rings.